The summed E-state index contributed by atoms with van der Waals surface area (Å²) in [5, 5.41) is 11.1. The third-order valence-corrected chi connectivity index (χ3v) is 3.57. The van der Waals surface area contributed by atoms with Crippen LogP contribution in [0.5, 0.6) is 0 Å². The average Bonchev–Trinajstić information content (AvgIpc) is 2.28. The van der Waals surface area contributed by atoms with E-state index in [2.05, 4.69) is 5.32 Å². The Morgan fingerprint density at radius 3 is 3.00 bits per heavy atom. The first kappa shape index (κ1) is 14.1. The first-order valence-electron chi connectivity index (χ1n) is 5.53. The van der Waals surface area contributed by atoms with Crippen LogP contribution >= 0.6 is 11.8 Å². The van der Waals surface area contributed by atoms with Crippen LogP contribution < -0.4 is 5.32 Å². The summed E-state index contributed by atoms with van der Waals surface area (Å²) in [5.41, 5.74) is 0. The first-order chi connectivity index (χ1) is 8.11. The van der Waals surface area contributed by atoms with Gasteiger partial charge in [0.25, 0.3) is 0 Å². The predicted octanol–water partition coefficient (Wildman–Crippen LogP) is 0.234. The van der Waals surface area contributed by atoms with E-state index in [1.807, 2.05) is 18.7 Å². The second-order valence-electron chi connectivity index (χ2n) is 3.80. The molecule has 1 rings (SSSR count). The number of nitrogens with zero attached hydrogens (tertiary/aromatic N) is 1. The van der Waals surface area contributed by atoms with E-state index in [-0.39, 0.29) is 25.3 Å². The highest BCUT2D eigenvalue weighted by Crippen LogP contribution is 2.15. The van der Waals surface area contributed by atoms with Crippen molar-refractivity contribution >= 4 is 23.8 Å². The maximum atomic E-state index is 11.7. The molecule has 0 aromatic heterocycles. The minimum absolute atomic E-state index is 0.100. The fraction of sp³-hybridized carbons (Fsp3) is 0.800. The lowest BCUT2D eigenvalue weighted by molar-refractivity contribution is -0.142. The summed E-state index contributed by atoms with van der Waals surface area (Å²) < 4.78 is 4.82. The van der Waals surface area contributed by atoms with Crippen LogP contribution in [0.4, 0.5) is 4.79 Å². The molecule has 1 atom stereocenters. The van der Waals surface area contributed by atoms with Gasteiger partial charge >= 0.3 is 12.0 Å². The number of amides is 2. The van der Waals surface area contributed by atoms with Crippen molar-refractivity contribution < 1.29 is 19.4 Å². The summed E-state index contributed by atoms with van der Waals surface area (Å²) in [4.78, 5) is 23.7. The van der Waals surface area contributed by atoms with Crippen molar-refractivity contribution in [2.24, 2.45) is 0 Å². The van der Waals surface area contributed by atoms with Crippen LogP contribution in [0.2, 0.25) is 0 Å². The summed E-state index contributed by atoms with van der Waals surface area (Å²) in [7, 11) is 0. The Balaban J connectivity index is 2.13. The smallest absolute Gasteiger partial charge is 0.329 e. The fourth-order valence-corrected chi connectivity index (χ4v) is 2.53. The van der Waals surface area contributed by atoms with Gasteiger partial charge in [0, 0.05) is 30.6 Å². The van der Waals surface area contributed by atoms with Gasteiger partial charge in [0.05, 0.1) is 6.61 Å². The van der Waals surface area contributed by atoms with Gasteiger partial charge in [-0.3, -0.25) is 0 Å². The minimum atomic E-state index is -1.00. The number of thioether (sulfide) groups is 1. The quantitative estimate of drug-likeness (QED) is 0.694. The number of nitrogens with one attached hydrogen (secondary N) is 1. The Labute approximate surface area is 105 Å². The van der Waals surface area contributed by atoms with Crippen LogP contribution in [-0.2, 0) is 9.53 Å². The zero-order chi connectivity index (χ0) is 12.7. The normalized spacial score (nSPS) is 20.1. The van der Waals surface area contributed by atoms with Gasteiger partial charge < -0.3 is 20.1 Å². The molecule has 17 heavy (non-hydrogen) atoms. The van der Waals surface area contributed by atoms with Crippen LogP contribution in [0.3, 0.4) is 0 Å². The fourth-order valence-electron chi connectivity index (χ4n) is 1.52. The van der Waals surface area contributed by atoms with Gasteiger partial charge in [0.1, 0.15) is 6.61 Å². The molecule has 1 saturated heterocycles. The second kappa shape index (κ2) is 7.39. The zero-order valence-electron chi connectivity index (χ0n) is 9.85. The topological polar surface area (TPSA) is 78.9 Å². The first-order valence-corrected chi connectivity index (χ1v) is 6.68. The number of hydrogen-bond acceptors (Lipinski definition) is 4. The third-order valence-electron chi connectivity index (χ3n) is 2.38. The average molecular weight is 262 g/mol. The van der Waals surface area contributed by atoms with Crippen molar-refractivity contribution in [3.8, 4) is 0 Å². The highest BCUT2D eigenvalue weighted by molar-refractivity contribution is 7.99. The Morgan fingerprint density at radius 2 is 2.35 bits per heavy atom. The minimum Gasteiger partial charge on any atom is -0.480 e. The summed E-state index contributed by atoms with van der Waals surface area (Å²) >= 11 is 1.85. The number of aliphatic carboxylic acids is 1. The number of ether oxygens (including phenoxy) is 1. The lowest BCUT2D eigenvalue weighted by Crippen LogP contribution is -2.49. The summed E-state index contributed by atoms with van der Waals surface area (Å²) in [6.45, 7) is 3.00. The maximum absolute atomic E-state index is 11.7. The summed E-state index contributed by atoms with van der Waals surface area (Å²) in [6.07, 6.45) is 0. The lowest BCUT2D eigenvalue weighted by atomic mass is 10.3. The standard InChI is InChI=1S/C10H18N2O4S/c1-8-7-17-5-3-12(8)10(15)11-2-4-16-6-9(13)14/h8H,2-7H2,1H3,(H,11,15)(H,13,14). The molecule has 0 radical (unpaired) electrons. The molecule has 1 heterocycles. The van der Waals surface area contributed by atoms with Gasteiger partial charge in [-0.05, 0) is 6.92 Å². The molecule has 1 fully saturated rings. The molecule has 2 amide bonds. The molecule has 1 aliphatic rings. The molecule has 7 heteroatoms. The van der Waals surface area contributed by atoms with Crippen LogP contribution in [0.15, 0.2) is 0 Å². The molecule has 2 N–H and O–H groups in total. The van der Waals surface area contributed by atoms with Crippen molar-refractivity contribution in [2.45, 2.75) is 13.0 Å². The molecule has 0 saturated carbocycles. The SMILES string of the molecule is CC1CSCCN1C(=O)NCCOCC(=O)O. The molecule has 0 aliphatic carbocycles. The molecular formula is C10H18N2O4S. The van der Waals surface area contributed by atoms with E-state index in [0.717, 1.165) is 18.1 Å². The van der Waals surface area contributed by atoms with Crippen molar-refractivity contribution in [3.05, 3.63) is 0 Å². The van der Waals surface area contributed by atoms with E-state index in [0.29, 0.717) is 6.54 Å². The number of rotatable bonds is 5. The number of carboxylic acid groups (broad SMARTS) is 1. The maximum Gasteiger partial charge on any atom is 0.329 e. The highest BCUT2D eigenvalue weighted by Gasteiger charge is 2.22. The lowest BCUT2D eigenvalue weighted by Gasteiger charge is -2.32. The van der Waals surface area contributed by atoms with E-state index in [1.54, 1.807) is 4.90 Å². The van der Waals surface area contributed by atoms with Gasteiger partial charge in [-0.2, -0.15) is 11.8 Å². The van der Waals surface area contributed by atoms with Crippen molar-refractivity contribution in [1.82, 2.24) is 10.2 Å². The third kappa shape index (κ3) is 5.27. The zero-order valence-corrected chi connectivity index (χ0v) is 10.7. The van der Waals surface area contributed by atoms with Crippen LogP contribution in [0.1, 0.15) is 6.92 Å². The van der Waals surface area contributed by atoms with Gasteiger partial charge in [0.2, 0.25) is 0 Å². The van der Waals surface area contributed by atoms with Crippen molar-refractivity contribution in [3.63, 3.8) is 0 Å². The molecule has 0 aromatic carbocycles. The van der Waals surface area contributed by atoms with Crippen molar-refractivity contribution in [1.29, 1.82) is 0 Å². The molecule has 6 nitrogen and oxygen atoms in total. The molecule has 1 unspecified atom stereocenters. The van der Waals surface area contributed by atoms with Crippen LogP contribution in [0, 0.1) is 0 Å². The van der Waals surface area contributed by atoms with Gasteiger partial charge in [-0.25, -0.2) is 9.59 Å². The molecular weight excluding hydrogens is 244 g/mol. The Kier molecular flexibility index (Phi) is 6.13. The number of carbonyl (C=O) groups is 2. The largest absolute Gasteiger partial charge is 0.480 e. The van der Waals surface area contributed by atoms with E-state index in [9.17, 15) is 9.59 Å². The monoisotopic (exact) mass is 262 g/mol. The second-order valence-corrected chi connectivity index (χ2v) is 4.95. The van der Waals surface area contributed by atoms with Gasteiger partial charge in [-0.15, -0.1) is 0 Å². The molecule has 98 valence electrons. The van der Waals surface area contributed by atoms with E-state index in [1.165, 1.54) is 0 Å². The van der Waals surface area contributed by atoms with Gasteiger partial charge in [-0.1, -0.05) is 0 Å². The van der Waals surface area contributed by atoms with E-state index < -0.39 is 5.97 Å². The number of hydrogen-bond donors (Lipinski definition) is 2. The molecule has 1 aliphatic heterocycles. The number of urea groups is 1. The Hall–Kier alpha value is -0.950. The van der Waals surface area contributed by atoms with Crippen molar-refractivity contribution in [2.75, 3.05) is 37.8 Å². The molecule has 0 spiro atoms. The van der Waals surface area contributed by atoms with E-state index >= 15 is 0 Å². The molecule has 0 aromatic rings. The predicted molar refractivity (Wildman–Crippen MR) is 65.3 cm³/mol. The summed E-state index contributed by atoms with van der Waals surface area (Å²) in [6, 6.07) is 0.144. The van der Waals surface area contributed by atoms with Gasteiger partial charge in [0.15, 0.2) is 0 Å². The Morgan fingerprint density at radius 1 is 1.59 bits per heavy atom. The highest BCUT2D eigenvalue weighted by atomic mass is 32.2. The number of carboxylic acids is 1. The number of carbonyl (C=O) groups excluding carboxylic acids is 1. The molecule has 0 bridgehead atoms. The van der Waals surface area contributed by atoms with Crippen LogP contribution in [0.25, 0.3) is 0 Å². The van der Waals surface area contributed by atoms with Crippen LogP contribution in [-0.4, -0.2) is 65.9 Å². The Bertz CT molecular complexity index is 275. The summed E-state index contributed by atoms with van der Waals surface area (Å²) in [5.74, 6) is 0.925. The van der Waals surface area contributed by atoms with E-state index in [4.69, 9.17) is 9.84 Å².